The molecule has 1 heterocycles. The lowest BCUT2D eigenvalue weighted by molar-refractivity contribution is 0.00578. The Morgan fingerprint density at radius 3 is 2.29 bits per heavy atom. The van der Waals surface area contributed by atoms with Gasteiger partial charge in [0.15, 0.2) is 0 Å². The summed E-state index contributed by atoms with van der Waals surface area (Å²) in [6.07, 6.45) is 0. The smallest absolute Gasteiger partial charge is 0.494 e. The Hall–Kier alpha value is -2.51. The number of amides is 2. The van der Waals surface area contributed by atoms with Crippen LogP contribution in [0.4, 0.5) is 16.2 Å². The van der Waals surface area contributed by atoms with Crippen LogP contribution in [0.15, 0.2) is 42.5 Å². The van der Waals surface area contributed by atoms with Gasteiger partial charge >= 0.3 is 13.1 Å². The summed E-state index contributed by atoms with van der Waals surface area (Å²) < 4.78 is 17.4. The van der Waals surface area contributed by atoms with Crippen LogP contribution >= 0.6 is 0 Å². The van der Waals surface area contributed by atoms with Gasteiger partial charge < -0.3 is 24.7 Å². The van der Waals surface area contributed by atoms with Gasteiger partial charge in [0, 0.05) is 11.4 Å². The predicted octanol–water partition coefficient (Wildman–Crippen LogP) is 3.95. The van der Waals surface area contributed by atoms with Gasteiger partial charge in [-0.25, -0.2) is 4.79 Å². The molecule has 2 aromatic carbocycles. The molecule has 148 valence electrons. The molecule has 1 saturated heterocycles. The third kappa shape index (κ3) is 4.15. The maximum atomic E-state index is 12.4. The Kier molecular flexibility index (Phi) is 5.41. The second kappa shape index (κ2) is 7.49. The Morgan fingerprint density at radius 2 is 1.68 bits per heavy atom. The van der Waals surface area contributed by atoms with Crippen molar-refractivity contribution in [1.29, 1.82) is 0 Å². The minimum absolute atomic E-state index is 0.320. The number of carbonyl (C=O) groups is 1. The zero-order valence-corrected chi connectivity index (χ0v) is 17.3. The van der Waals surface area contributed by atoms with Gasteiger partial charge in [0.05, 0.1) is 18.3 Å². The fraction of sp³-hybridized carbons (Fsp3) is 0.381. The first-order valence-electron chi connectivity index (χ1n) is 9.29. The van der Waals surface area contributed by atoms with Gasteiger partial charge in [0.1, 0.15) is 5.75 Å². The number of hydrogen-bond donors (Lipinski definition) is 2. The number of methoxy groups -OCH3 is 1. The van der Waals surface area contributed by atoms with Crippen molar-refractivity contribution in [1.82, 2.24) is 0 Å². The molecule has 6 nitrogen and oxygen atoms in total. The number of ether oxygens (including phenoxy) is 1. The standard InChI is InChI=1S/C21H27BN2O4/c1-14-12-17(26-6)10-11-18(14)24-19(25)23-16-9-7-8-15(13-16)22-27-20(2,3)21(4,5)28-22/h7-13H,1-6H3,(H2,23,24,25). The Balaban J connectivity index is 1.69. The summed E-state index contributed by atoms with van der Waals surface area (Å²) in [6.45, 7) is 9.97. The molecule has 1 aliphatic heterocycles. The third-order valence-corrected chi connectivity index (χ3v) is 5.35. The molecular formula is C21H27BN2O4. The van der Waals surface area contributed by atoms with Crippen molar-refractivity contribution in [2.45, 2.75) is 45.8 Å². The van der Waals surface area contributed by atoms with Gasteiger partial charge in [-0.15, -0.1) is 0 Å². The highest BCUT2D eigenvalue weighted by molar-refractivity contribution is 6.62. The van der Waals surface area contributed by atoms with E-state index in [2.05, 4.69) is 10.6 Å². The zero-order valence-electron chi connectivity index (χ0n) is 17.3. The van der Waals surface area contributed by atoms with Gasteiger partial charge in [-0.3, -0.25) is 0 Å². The lowest BCUT2D eigenvalue weighted by atomic mass is 9.79. The van der Waals surface area contributed by atoms with Gasteiger partial charge in [-0.2, -0.15) is 0 Å². The van der Waals surface area contributed by atoms with Gasteiger partial charge in [-0.1, -0.05) is 12.1 Å². The summed E-state index contributed by atoms with van der Waals surface area (Å²) in [4.78, 5) is 12.4. The van der Waals surface area contributed by atoms with Crippen LogP contribution in [0.25, 0.3) is 0 Å². The van der Waals surface area contributed by atoms with Crippen molar-refractivity contribution in [3.63, 3.8) is 0 Å². The van der Waals surface area contributed by atoms with E-state index in [1.54, 1.807) is 7.11 Å². The summed E-state index contributed by atoms with van der Waals surface area (Å²) in [5.74, 6) is 0.749. The predicted molar refractivity (Wildman–Crippen MR) is 113 cm³/mol. The molecule has 1 aliphatic rings. The summed E-state index contributed by atoms with van der Waals surface area (Å²) >= 11 is 0. The molecule has 7 heteroatoms. The van der Waals surface area contributed by atoms with Crippen molar-refractivity contribution < 1.29 is 18.8 Å². The molecular weight excluding hydrogens is 355 g/mol. The number of benzene rings is 2. The van der Waals surface area contributed by atoms with E-state index in [0.717, 1.165) is 22.5 Å². The van der Waals surface area contributed by atoms with Crippen molar-refractivity contribution in [2.24, 2.45) is 0 Å². The van der Waals surface area contributed by atoms with E-state index in [0.29, 0.717) is 5.69 Å². The van der Waals surface area contributed by atoms with Crippen LogP contribution in [0.1, 0.15) is 33.3 Å². The fourth-order valence-electron chi connectivity index (χ4n) is 2.93. The number of hydrogen-bond acceptors (Lipinski definition) is 4. The monoisotopic (exact) mass is 382 g/mol. The van der Waals surface area contributed by atoms with Crippen LogP contribution in [0.3, 0.4) is 0 Å². The quantitative estimate of drug-likeness (QED) is 0.786. The average Bonchev–Trinajstić information content (AvgIpc) is 2.84. The van der Waals surface area contributed by atoms with Crippen LogP contribution in [0.2, 0.25) is 0 Å². The summed E-state index contributed by atoms with van der Waals surface area (Å²) in [5.41, 5.74) is 2.34. The molecule has 0 bridgehead atoms. The van der Waals surface area contributed by atoms with Crippen molar-refractivity contribution >= 4 is 30.0 Å². The minimum atomic E-state index is -0.473. The second-order valence-electron chi connectivity index (χ2n) is 7.97. The molecule has 0 aliphatic carbocycles. The third-order valence-electron chi connectivity index (χ3n) is 5.35. The summed E-state index contributed by atoms with van der Waals surface area (Å²) in [7, 11) is 1.14. The molecule has 28 heavy (non-hydrogen) atoms. The lowest BCUT2D eigenvalue weighted by Gasteiger charge is -2.32. The van der Waals surface area contributed by atoms with Crippen molar-refractivity contribution in [3.8, 4) is 5.75 Å². The van der Waals surface area contributed by atoms with Crippen LogP contribution in [0.5, 0.6) is 5.75 Å². The highest BCUT2D eigenvalue weighted by Gasteiger charge is 2.51. The Morgan fingerprint density at radius 1 is 1.00 bits per heavy atom. The number of aryl methyl sites for hydroxylation is 1. The molecule has 0 unspecified atom stereocenters. The van der Waals surface area contributed by atoms with E-state index in [9.17, 15) is 4.79 Å². The number of nitrogens with one attached hydrogen (secondary N) is 2. The molecule has 3 rings (SSSR count). The van der Waals surface area contributed by atoms with E-state index in [-0.39, 0.29) is 6.03 Å². The van der Waals surface area contributed by atoms with Gasteiger partial charge in [-0.05, 0) is 76.0 Å². The fourth-order valence-corrected chi connectivity index (χ4v) is 2.93. The number of rotatable bonds is 4. The summed E-state index contributed by atoms with van der Waals surface area (Å²) in [6, 6.07) is 12.7. The molecule has 0 aromatic heterocycles. The Bertz CT molecular complexity index is 866. The highest BCUT2D eigenvalue weighted by Crippen LogP contribution is 2.36. The molecule has 2 amide bonds. The van der Waals surface area contributed by atoms with Crippen LogP contribution in [-0.4, -0.2) is 31.5 Å². The summed E-state index contributed by atoms with van der Waals surface area (Å²) in [5, 5.41) is 5.72. The molecule has 2 aromatic rings. The van der Waals surface area contributed by atoms with E-state index in [1.165, 1.54) is 0 Å². The maximum Gasteiger partial charge on any atom is 0.494 e. The van der Waals surface area contributed by atoms with Crippen molar-refractivity contribution in [2.75, 3.05) is 17.7 Å². The van der Waals surface area contributed by atoms with Gasteiger partial charge in [0.25, 0.3) is 0 Å². The highest BCUT2D eigenvalue weighted by atomic mass is 16.7. The molecule has 0 atom stereocenters. The molecule has 1 fully saturated rings. The van der Waals surface area contributed by atoms with Crippen molar-refractivity contribution in [3.05, 3.63) is 48.0 Å². The maximum absolute atomic E-state index is 12.4. The largest absolute Gasteiger partial charge is 0.497 e. The minimum Gasteiger partial charge on any atom is -0.497 e. The molecule has 2 N–H and O–H groups in total. The van der Waals surface area contributed by atoms with Crippen LogP contribution in [-0.2, 0) is 9.31 Å². The number of urea groups is 1. The molecule has 0 saturated carbocycles. The first-order valence-corrected chi connectivity index (χ1v) is 9.29. The normalized spacial score (nSPS) is 17.3. The number of carbonyl (C=O) groups excluding carboxylic acids is 1. The van der Waals surface area contributed by atoms with Crippen LogP contribution in [0, 0.1) is 6.92 Å². The molecule has 0 radical (unpaired) electrons. The topological polar surface area (TPSA) is 68.8 Å². The molecule has 0 spiro atoms. The van der Waals surface area contributed by atoms with Crippen LogP contribution < -0.4 is 20.8 Å². The van der Waals surface area contributed by atoms with E-state index in [1.807, 2.05) is 77.1 Å². The van der Waals surface area contributed by atoms with E-state index in [4.69, 9.17) is 14.0 Å². The van der Waals surface area contributed by atoms with E-state index >= 15 is 0 Å². The number of anilines is 2. The van der Waals surface area contributed by atoms with Gasteiger partial charge in [0.2, 0.25) is 0 Å². The first kappa shape index (κ1) is 20.2. The first-order chi connectivity index (χ1) is 13.1. The SMILES string of the molecule is COc1ccc(NC(=O)Nc2cccc(B3OC(C)(C)C(C)(C)O3)c2)c(C)c1. The zero-order chi connectivity index (χ0) is 20.5. The Labute approximate surface area is 166 Å². The lowest BCUT2D eigenvalue weighted by Crippen LogP contribution is -2.41. The second-order valence-corrected chi connectivity index (χ2v) is 7.97. The average molecular weight is 382 g/mol. The van der Waals surface area contributed by atoms with E-state index < -0.39 is 18.3 Å².